The summed E-state index contributed by atoms with van der Waals surface area (Å²) in [4.78, 5) is 13.1. The highest BCUT2D eigenvalue weighted by Crippen LogP contribution is 2.47. The molecule has 1 unspecified atom stereocenters. The Bertz CT molecular complexity index is 516. The van der Waals surface area contributed by atoms with Gasteiger partial charge >= 0.3 is 6.09 Å². The fourth-order valence-corrected chi connectivity index (χ4v) is 3.07. The van der Waals surface area contributed by atoms with E-state index >= 15 is 0 Å². The van der Waals surface area contributed by atoms with Crippen molar-refractivity contribution in [3.63, 3.8) is 0 Å². The van der Waals surface area contributed by atoms with Gasteiger partial charge in [0.05, 0.1) is 12.0 Å². The number of carbonyl (C=O) groups excluding carboxylic acids is 1. The summed E-state index contributed by atoms with van der Waals surface area (Å²) in [6.45, 7) is 0.431. The van der Waals surface area contributed by atoms with E-state index < -0.39 is 24.0 Å². The molecule has 0 saturated carbocycles. The van der Waals surface area contributed by atoms with E-state index in [0.29, 0.717) is 13.0 Å². The van der Waals surface area contributed by atoms with Crippen LogP contribution < -0.4 is 5.32 Å². The first-order valence-electron chi connectivity index (χ1n) is 7.07. The maximum atomic E-state index is 14.2. The van der Waals surface area contributed by atoms with Crippen LogP contribution in [-0.2, 0) is 11.3 Å². The van der Waals surface area contributed by atoms with E-state index in [-0.39, 0.29) is 19.7 Å². The number of nitrogens with one attached hydrogen (secondary N) is 1. The van der Waals surface area contributed by atoms with Crippen molar-refractivity contribution in [3.05, 3.63) is 35.9 Å². The molecule has 1 amide bonds. The summed E-state index contributed by atoms with van der Waals surface area (Å²) in [5.74, 6) is -2.86. The van der Waals surface area contributed by atoms with Gasteiger partial charge in [0.15, 0.2) is 0 Å². The third-order valence-electron chi connectivity index (χ3n) is 4.37. The van der Waals surface area contributed by atoms with Gasteiger partial charge in [0.2, 0.25) is 0 Å². The number of benzene rings is 1. The van der Waals surface area contributed by atoms with Crippen LogP contribution in [0.3, 0.4) is 0 Å². The van der Waals surface area contributed by atoms with Crippen LogP contribution in [0.1, 0.15) is 12.0 Å². The zero-order chi connectivity index (χ0) is 14.9. The normalized spacial score (nSPS) is 27.2. The topological polar surface area (TPSA) is 41.6 Å². The van der Waals surface area contributed by atoms with Crippen molar-refractivity contribution >= 4 is 6.09 Å². The molecule has 3 rings (SSSR count). The van der Waals surface area contributed by atoms with Crippen molar-refractivity contribution in [2.24, 2.45) is 5.41 Å². The Kier molecular flexibility index (Phi) is 3.57. The second-order valence-electron chi connectivity index (χ2n) is 5.81. The third kappa shape index (κ3) is 2.60. The number of alkyl halides is 2. The molecular weight excluding hydrogens is 278 g/mol. The van der Waals surface area contributed by atoms with Crippen molar-refractivity contribution in [2.75, 3.05) is 26.2 Å². The molecule has 2 heterocycles. The van der Waals surface area contributed by atoms with Crippen molar-refractivity contribution in [2.45, 2.75) is 19.0 Å². The molecule has 1 N–H and O–H groups in total. The molecule has 6 heteroatoms. The number of halogens is 2. The van der Waals surface area contributed by atoms with Gasteiger partial charge in [-0.1, -0.05) is 30.3 Å². The summed E-state index contributed by atoms with van der Waals surface area (Å²) in [5, 5.41) is 2.97. The lowest BCUT2D eigenvalue weighted by Crippen LogP contribution is -2.41. The van der Waals surface area contributed by atoms with Crippen LogP contribution in [0.4, 0.5) is 13.6 Å². The van der Waals surface area contributed by atoms with Gasteiger partial charge in [-0.3, -0.25) is 0 Å². The smallest absolute Gasteiger partial charge is 0.410 e. The van der Waals surface area contributed by atoms with E-state index in [1.54, 1.807) is 0 Å². The fourth-order valence-electron chi connectivity index (χ4n) is 3.07. The highest BCUT2D eigenvalue weighted by Gasteiger charge is 2.62. The Labute approximate surface area is 122 Å². The fraction of sp³-hybridized carbons (Fsp3) is 0.533. The third-order valence-corrected chi connectivity index (χ3v) is 4.37. The molecule has 4 nitrogen and oxygen atoms in total. The Morgan fingerprint density at radius 2 is 2.05 bits per heavy atom. The number of ether oxygens (including phenoxy) is 1. The van der Waals surface area contributed by atoms with Gasteiger partial charge in [0.1, 0.15) is 6.61 Å². The number of hydrogen-bond donors (Lipinski definition) is 1. The van der Waals surface area contributed by atoms with E-state index in [9.17, 15) is 13.6 Å². The first-order valence-corrected chi connectivity index (χ1v) is 7.07. The molecule has 1 aromatic rings. The molecule has 2 fully saturated rings. The maximum Gasteiger partial charge on any atom is 0.410 e. The number of nitrogens with zero attached hydrogens (tertiary/aromatic N) is 1. The quantitative estimate of drug-likeness (QED) is 0.910. The minimum absolute atomic E-state index is 0.0562. The van der Waals surface area contributed by atoms with Gasteiger partial charge in [-0.25, -0.2) is 13.6 Å². The number of carbonyl (C=O) groups is 1. The van der Waals surface area contributed by atoms with Gasteiger partial charge in [-0.15, -0.1) is 0 Å². The zero-order valence-corrected chi connectivity index (χ0v) is 11.6. The second kappa shape index (κ2) is 5.26. The zero-order valence-electron chi connectivity index (χ0n) is 11.6. The Balaban J connectivity index is 1.61. The minimum Gasteiger partial charge on any atom is -0.445 e. The lowest BCUT2D eigenvalue weighted by atomic mass is 9.83. The molecule has 114 valence electrons. The predicted molar refractivity (Wildman–Crippen MR) is 73.1 cm³/mol. The van der Waals surface area contributed by atoms with Crippen LogP contribution in [0.2, 0.25) is 0 Å². The molecule has 2 saturated heterocycles. The molecular formula is C15H18F2N2O2. The van der Waals surface area contributed by atoms with Gasteiger partial charge in [-0.2, -0.15) is 0 Å². The molecule has 0 aliphatic carbocycles. The molecule has 21 heavy (non-hydrogen) atoms. The van der Waals surface area contributed by atoms with Crippen molar-refractivity contribution in [1.29, 1.82) is 0 Å². The number of hydrogen-bond acceptors (Lipinski definition) is 3. The molecule has 2 aliphatic rings. The van der Waals surface area contributed by atoms with Crippen molar-refractivity contribution in [3.8, 4) is 0 Å². The second-order valence-corrected chi connectivity index (χ2v) is 5.81. The molecule has 0 aromatic heterocycles. The van der Waals surface area contributed by atoms with E-state index in [2.05, 4.69) is 5.32 Å². The average Bonchev–Trinajstić information content (AvgIpc) is 3.04. The summed E-state index contributed by atoms with van der Waals surface area (Å²) in [6, 6.07) is 9.20. The number of likely N-dealkylation sites (tertiary alicyclic amines) is 1. The molecule has 0 radical (unpaired) electrons. The Morgan fingerprint density at radius 3 is 2.71 bits per heavy atom. The van der Waals surface area contributed by atoms with Gasteiger partial charge in [-0.05, 0) is 18.5 Å². The van der Waals surface area contributed by atoms with Gasteiger partial charge in [0.25, 0.3) is 5.92 Å². The highest BCUT2D eigenvalue weighted by molar-refractivity contribution is 5.68. The first kappa shape index (κ1) is 14.3. The van der Waals surface area contributed by atoms with E-state index in [0.717, 1.165) is 10.5 Å². The summed E-state index contributed by atoms with van der Waals surface area (Å²) in [5.41, 5.74) is -0.285. The lowest BCUT2D eigenvalue weighted by Gasteiger charge is -2.27. The summed E-state index contributed by atoms with van der Waals surface area (Å²) >= 11 is 0. The van der Waals surface area contributed by atoms with E-state index in [4.69, 9.17) is 4.74 Å². The van der Waals surface area contributed by atoms with Crippen LogP contribution in [0.5, 0.6) is 0 Å². The largest absolute Gasteiger partial charge is 0.445 e. The van der Waals surface area contributed by atoms with Gasteiger partial charge in [0, 0.05) is 13.1 Å². The summed E-state index contributed by atoms with van der Waals surface area (Å²) < 4.78 is 33.5. The molecule has 1 atom stereocenters. The Morgan fingerprint density at radius 1 is 1.29 bits per heavy atom. The SMILES string of the molecule is O=C(OCc1ccccc1)N1CC(F)(F)C2(CCNC2)C1. The van der Waals surface area contributed by atoms with Crippen molar-refractivity contribution in [1.82, 2.24) is 10.2 Å². The Hall–Kier alpha value is -1.69. The first-order chi connectivity index (χ1) is 10.0. The van der Waals surface area contributed by atoms with Crippen LogP contribution in [-0.4, -0.2) is 43.1 Å². The summed E-state index contributed by atoms with van der Waals surface area (Å²) in [7, 11) is 0. The predicted octanol–water partition coefficient (Wildman–Crippen LogP) is 2.25. The minimum atomic E-state index is -2.86. The maximum absolute atomic E-state index is 14.2. The lowest BCUT2D eigenvalue weighted by molar-refractivity contribution is -0.0745. The number of rotatable bonds is 2. The summed E-state index contributed by atoms with van der Waals surface area (Å²) in [6.07, 6.45) is -0.273. The average molecular weight is 296 g/mol. The monoisotopic (exact) mass is 296 g/mol. The molecule has 0 bridgehead atoms. The molecule has 1 spiro atoms. The van der Waals surface area contributed by atoms with Crippen LogP contribution in [0, 0.1) is 5.41 Å². The standard InChI is InChI=1S/C15H18F2N2O2/c16-15(17)11-19(10-14(15)6-7-18-9-14)13(20)21-8-12-4-2-1-3-5-12/h1-5,18H,6-11H2. The number of amides is 1. The molecule has 2 aliphatic heterocycles. The van der Waals surface area contributed by atoms with E-state index in [1.165, 1.54) is 0 Å². The highest BCUT2D eigenvalue weighted by atomic mass is 19.3. The van der Waals surface area contributed by atoms with Crippen LogP contribution in [0.15, 0.2) is 30.3 Å². The van der Waals surface area contributed by atoms with Crippen LogP contribution in [0.25, 0.3) is 0 Å². The van der Waals surface area contributed by atoms with Crippen molar-refractivity contribution < 1.29 is 18.3 Å². The van der Waals surface area contributed by atoms with Gasteiger partial charge < -0.3 is 15.0 Å². The van der Waals surface area contributed by atoms with Crippen LogP contribution >= 0.6 is 0 Å². The van der Waals surface area contributed by atoms with E-state index in [1.807, 2.05) is 30.3 Å². The molecule has 1 aromatic carbocycles.